The van der Waals surface area contributed by atoms with Gasteiger partial charge in [0.25, 0.3) is 0 Å². The summed E-state index contributed by atoms with van der Waals surface area (Å²) in [5, 5.41) is 0. The van der Waals surface area contributed by atoms with Crippen LogP contribution in [0.2, 0.25) is 0 Å². The second kappa shape index (κ2) is 8.09. The lowest BCUT2D eigenvalue weighted by Gasteiger charge is -2.18. The van der Waals surface area contributed by atoms with Gasteiger partial charge in [-0.15, -0.1) is 0 Å². The van der Waals surface area contributed by atoms with Gasteiger partial charge in [0.15, 0.2) is 17.3 Å². The third-order valence-electron chi connectivity index (χ3n) is 4.18. The summed E-state index contributed by atoms with van der Waals surface area (Å²) < 4.78 is 16.1. The van der Waals surface area contributed by atoms with E-state index in [0.29, 0.717) is 22.8 Å². The molecule has 0 radical (unpaired) electrons. The minimum atomic E-state index is -0.0673. The molecule has 0 saturated carbocycles. The molecule has 0 aliphatic rings. The van der Waals surface area contributed by atoms with Gasteiger partial charge in [0.2, 0.25) is 5.75 Å². The van der Waals surface area contributed by atoms with Crippen LogP contribution >= 0.6 is 0 Å². The number of ketones is 1. The van der Waals surface area contributed by atoms with Crippen LogP contribution in [-0.4, -0.2) is 27.1 Å². The number of methoxy groups -OCH3 is 3. The van der Waals surface area contributed by atoms with E-state index >= 15 is 0 Å². The molecule has 0 aliphatic heterocycles. The van der Waals surface area contributed by atoms with Gasteiger partial charge in [0.05, 0.1) is 21.3 Å². The first-order valence-electron chi connectivity index (χ1n) is 8.43. The topological polar surface area (TPSA) is 44.8 Å². The molecule has 138 valence electrons. The molecule has 0 fully saturated rings. The molecule has 26 heavy (non-hydrogen) atoms. The lowest BCUT2D eigenvalue weighted by atomic mass is 9.86. The Morgan fingerprint density at radius 2 is 1.46 bits per heavy atom. The Hall–Kier alpha value is -2.75. The monoisotopic (exact) mass is 354 g/mol. The van der Waals surface area contributed by atoms with Crippen molar-refractivity contribution in [3.63, 3.8) is 0 Å². The summed E-state index contributed by atoms with van der Waals surface area (Å²) in [7, 11) is 4.68. The molecular weight excluding hydrogens is 328 g/mol. The molecule has 0 aliphatic carbocycles. The molecule has 4 heteroatoms. The van der Waals surface area contributed by atoms with Crippen molar-refractivity contribution in [1.82, 2.24) is 0 Å². The fourth-order valence-electron chi connectivity index (χ4n) is 2.65. The molecule has 2 aromatic rings. The molecule has 0 atom stereocenters. The molecule has 0 N–H and O–H groups in total. The average molecular weight is 354 g/mol. The Kier molecular flexibility index (Phi) is 6.09. The molecule has 0 spiro atoms. The van der Waals surface area contributed by atoms with Crippen LogP contribution in [-0.2, 0) is 5.41 Å². The Morgan fingerprint density at radius 3 is 1.96 bits per heavy atom. The largest absolute Gasteiger partial charge is 0.493 e. The van der Waals surface area contributed by atoms with Gasteiger partial charge in [-0.1, -0.05) is 45.0 Å². The van der Waals surface area contributed by atoms with Gasteiger partial charge in [-0.05, 0) is 35.3 Å². The zero-order valence-electron chi connectivity index (χ0n) is 16.3. The minimum Gasteiger partial charge on any atom is -0.493 e. The highest BCUT2D eigenvalue weighted by Crippen LogP contribution is 2.40. The number of allylic oxidation sites excluding steroid dienone is 1. The van der Waals surface area contributed by atoms with Crippen molar-refractivity contribution in [2.24, 2.45) is 0 Å². The molecule has 0 amide bonds. The van der Waals surface area contributed by atoms with Crippen molar-refractivity contribution in [2.75, 3.05) is 21.3 Å². The third kappa shape index (κ3) is 4.26. The first kappa shape index (κ1) is 19.6. The molecule has 2 rings (SSSR count). The minimum absolute atomic E-state index is 0.0600. The summed E-state index contributed by atoms with van der Waals surface area (Å²) >= 11 is 0. The maximum absolute atomic E-state index is 12.5. The van der Waals surface area contributed by atoms with E-state index in [0.717, 1.165) is 5.56 Å². The normalized spacial score (nSPS) is 11.5. The van der Waals surface area contributed by atoms with Gasteiger partial charge in [-0.3, -0.25) is 4.79 Å². The standard InChI is InChI=1S/C22H26O4/c1-22(2,3)17-11-7-15(8-12-17)18(23)13-9-16-10-14-19(24-4)21(26-6)20(16)25-5/h7-14H,1-6H3. The number of benzene rings is 2. The van der Waals surface area contributed by atoms with Crippen LogP contribution in [0.4, 0.5) is 0 Å². The number of hydrogen-bond acceptors (Lipinski definition) is 4. The second-order valence-corrected chi connectivity index (χ2v) is 6.95. The van der Waals surface area contributed by atoms with Crippen LogP contribution in [0.5, 0.6) is 17.2 Å². The number of hydrogen-bond donors (Lipinski definition) is 0. The van der Waals surface area contributed by atoms with E-state index in [1.54, 1.807) is 33.5 Å². The third-order valence-corrected chi connectivity index (χ3v) is 4.18. The van der Waals surface area contributed by atoms with Crippen molar-refractivity contribution >= 4 is 11.9 Å². The highest BCUT2D eigenvalue weighted by Gasteiger charge is 2.15. The molecule has 0 saturated heterocycles. The van der Waals surface area contributed by atoms with Gasteiger partial charge in [-0.2, -0.15) is 0 Å². The first-order chi connectivity index (χ1) is 12.3. The van der Waals surface area contributed by atoms with Crippen molar-refractivity contribution in [3.05, 3.63) is 59.2 Å². The lowest BCUT2D eigenvalue weighted by Crippen LogP contribution is -2.11. The van der Waals surface area contributed by atoms with E-state index in [2.05, 4.69) is 20.8 Å². The van der Waals surface area contributed by atoms with E-state index < -0.39 is 0 Å². The van der Waals surface area contributed by atoms with Crippen molar-refractivity contribution < 1.29 is 19.0 Å². The van der Waals surface area contributed by atoms with Gasteiger partial charge in [0.1, 0.15) is 0 Å². The van der Waals surface area contributed by atoms with Crippen LogP contribution in [0, 0.1) is 0 Å². The maximum atomic E-state index is 12.5. The quantitative estimate of drug-likeness (QED) is 0.546. The fraction of sp³-hybridized carbons (Fsp3) is 0.318. The summed E-state index contributed by atoms with van der Waals surface area (Å²) in [6, 6.07) is 11.3. The highest BCUT2D eigenvalue weighted by molar-refractivity contribution is 6.07. The van der Waals surface area contributed by atoms with Crippen molar-refractivity contribution in [1.29, 1.82) is 0 Å². The van der Waals surface area contributed by atoms with Gasteiger partial charge in [0, 0.05) is 11.1 Å². The molecule has 2 aromatic carbocycles. The summed E-state index contributed by atoms with van der Waals surface area (Å²) in [6.45, 7) is 6.44. The second-order valence-electron chi connectivity index (χ2n) is 6.95. The first-order valence-corrected chi connectivity index (χ1v) is 8.43. The molecule has 0 aromatic heterocycles. The smallest absolute Gasteiger partial charge is 0.203 e. The molecule has 0 unspecified atom stereocenters. The molecule has 4 nitrogen and oxygen atoms in total. The number of carbonyl (C=O) groups excluding carboxylic acids is 1. The Balaban J connectivity index is 2.28. The van der Waals surface area contributed by atoms with Gasteiger partial charge < -0.3 is 14.2 Å². The average Bonchev–Trinajstić information content (AvgIpc) is 2.64. The van der Waals surface area contributed by atoms with Crippen LogP contribution in [0.15, 0.2) is 42.5 Å². The van der Waals surface area contributed by atoms with Crippen LogP contribution in [0.3, 0.4) is 0 Å². The molecule has 0 bridgehead atoms. The highest BCUT2D eigenvalue weighted by atomic mass is 16.5. The summed E-state index contributed by atoms with van der Waals surface area (Å²) in [6.07, 6.45) is 3.26. The SMILES string of the molecule is COc1ccc(C=CC(=O)c2ccc(C(C)(C)C)cc2)c(OC)c1OC. The number of ether oxygens (including phenoxy) is 3. The number of rotatable bonds is 6. The van der Waals surface area contributed by atoms with E-state index in [1.807, 2.05) is 30.3 Å². The van der Waals surface area contributed by atoms with E-state index in [-0.39, 0.29) is 11.2 Å². The summed E-state index contributed by atoms with van der Waals surface area (Å²) in [5.74, 6) is 1.53. The van der Waals surface area contributed by atoms with Crippen molar-refractivity contribution in [3.8, 4) is 17.2 Å². The zero-order valence-corrected chi connectivity index (χ0v) is 16.3. The maximum Gasteiger partial charge on any atom is 0.203 e. The van der Waals surface area contributed by atoms with E-state index in [1.165, 1.54) is 11.6 Å². The Bertz CT molecular complexity index is 796. The number of carbonyl (C=O) groups is 1. The van der Waals surface area contributed by atoms with Gasteiger partial charge in [-0.25, -0.2) is 0 Å². The molecular formula is C22H26O4. The summed E-state index contributed by atoms with van der Waals surface area (Å²) in [4.78, 5) is 12.5. The van der Waals surface area contributed by atoms with Crippen molar-refractivity contribution in [2.45, 2.75) is 26.2 Å². The van der Waals surface area contributed by atoms with E-state index in [9.17, 15) is 4.79 Å². The van der Waals surface area contributed by atoms with Gasteiger partial charge >= 0.3 is 0 Å². The Morgan fingerprint density at radius 1 is 0.846 bits per heavy atom. The predicted molar refractivity (Wildman–Crippen MR) is 105 cm³/mol. The predicted octanol–water partition coefficient (Wildman–Crippen LogP) is 4.91. The Labute approximate surface area is 155 Å². The summed E-state index contributed by atoms with van der Waals surface area (Å²) in [5.41, 5.74) is 2.64. The van der Waals surface area contributed by atoms with Crippen LogP contribution in [0.25, 0.3) is 6.08 Å². The van der Waals surface area contributed by atoms with Crippen LogP contribution in [0.1, 0.15) is 42.3 Å². The molecule has 0 heterocycles. The fourth-order valence-corrected chi connectivity index (χ4v) is 2.65. The lowest BCUT2D eigenvalue weighted by molar-refractivity contribution is 0.104. The van der Waals surface area contributed by atoms with E-state index in [4.69, 9.17) is 14.2 Å². The van der Waals surface area contributed by atoms with Crippen LogP contribution < -0.4 is 14.2 Å². The zero-order chi connectivity index (χ0) is 19.3.